The van der Waals surface area contributed by atoms with Gasteiger partial charge in [-0.1, -0.05) is 38.8 Å². The van der Waals surface area contributed by atoms with E-state index in [0.29, 0.717) is 9.90 Å². The lowest BCUT2D eigenvalue weighted by Crippen LogP contribution is -2.21. The predicted molar refractivity (Wildman–Crippen MR) is 61.8 cm³/mol. The van der Waals surface area contributed by atoms with E-state index in [2.05, 4.69) is 20.8 Å². The first-order chi connectivity index (χ1) is 6.55. The first-order valence-electron chi connectivity index (χ1n) is 4.98. The second-order valence-electron chi connectivity index (χ2n) is 3.90. The van der Waals surface area contributed by atoms with Gasteiger partial charge < -0.3 is 0 Å². The Labute approximate surface area is 94.1 Å². The lowest BCUT2D eigenvalue weighted by molar-refractivity contribution is 0.397. The minimum atomic E-state index is -0.141. The van der Waals surface area contributed by atoms with Crippen LogP contribution in [0.5, 0.6) is 0 Å². The standard InChI is InChI=1S/C11H16ClFS/c1-4-6-11(3,5-2)9-8(13)7-14-10(9)12/h7H,4-6H2,1-3H3. The Morgan fingerprint density at radius 2 is 2.14 bits per heavy atom. The van der Waals surface area contributed by atoms with Gasteiger partial charge in [0, 0.05) is 10.9 Å². The van der Waals surface area contributed by atoms with Crippen molar-refractivity contribution in [2.24, 2.45) is 0 Å². The summed E-state index contributed by atoms with van der Waals surface area (Å²) in [6.45, 7) is 6.29. The number of hydrogen-bond acceptors (Lipinski definition) is 1. The highest BCUT2D eigenvalue weighted by Crippen LogP contribution is 2.41. The van der Waals surface area contributed by atoms with Gasteiger partial charge in [-0.2, -0.15) is 0 Å². The van der Waals surface area contributed by atoms with Crippen LogP contribution in [0.1, 0.15) is 45.6 Å². The van der Waals surface area contributed by atoms with Crippen LogP contribution in [0.15, 0.2) is 5.38 Å². The minimum Gasteiger partial charge on any atom is -0.206 e. The van der Waals surface area contributed by atoms with Crippen molar-refractivity contribution in [2.75, 3.05) is 0 Å². The monoisotopic (exact) mass is 234 g/mol. The van der Waals surface area contributed by atoms with Gasteiger partial charge in [-0.25, -0.2) is 4.39 Å². The van der Waals surface area contributed by atoms with E-state index in [1.54, 1.807) is 0 Å². The van der Waals surface area contributed by atoms with Crippen LogP contribution in [-0.2, 0) is 5.41 Å². The van der Waals surface area contributed by atoms with Gasteiger partial charge in [0.25, 0.3) is 0 Å². The average Bonchev–Trinajstić information content (AvgIpc) is 2.47. The molecule has 0 aromatic carbocycles. The van der Waals surface area contributed by atoms with Crippen molar-refractivity contribution >= 4 is 22.9 Å². The molecule has 0 radical (unpaired) electrons. The minimum absolute atomic E-state index is 0.101. The predicted octanol–water partition coefficient (Wildman–Crippen LogP) is 5.01. The zero-order valence-electron chi connectivity index (χ0n) is 8.86. The lowest BCUT2D eigenvalue weighted by atomic mass is 9.77. The molecule has 0 aliphatic heterocycles. The largest absolute Gasteiger partial charge is 0.206 e. The van der Waals surface area contributed by atoms with Gasteiger partial charge in [-0.3, -0.25) is 0 Å². The fourth-order valence-corrected chi connectivity index (χ4v) is 3.11. The van der Waals surface area contributed by atoms with E-state index in [-0.39, 0.29) is 11.2 Å². The molecule has 1 rings (SSSR count). The quantitative estimate of drug-likeness (QED) is 0.687. The topological polar surface area (TPSA) is 0 Å². The van der Waals surface area contributed by atoms with Gasteiger partial charge in [0.05, 0.1) is 4.34 Å². The van der Waals surface area contributed by atoms with E-state index in [4.69, 9.17) is 11.6 Å². The van der Waals surface area contributed by atoms with Gasteiger partial charge in [0.1, 0.15) is 5.82 Å². The zero-order valence-corrected chi connectivity index (χ0v) is 10.4. The van der Waals surface area contributed by atoms with Crippen molar-refractivity contribution in [2.45, 2.75) is 45.4 Å². The summed E-state index contributed by atoms with van der Waals surface area (Å²) < 4.78 is 14.2. The van der Waals surface area contributed by atoms with Crippen LogP contribution in [0.4, 0.5) is 4.39 Å². The second kappa shape index (κ2) is 4.63. The highest BCUT2D eigenvalue weighted by Gasteiger charge is 2.30. The maximum absolute atomic E-state index is 13.5. The molecule has 14 heavy (non-hydrogen) atoms. The molecule has 0 amide bonds. The third kappa shape index (κ3) is 2.12. The van der Waals surface area contributed by atoms with E-state index >= 15 is 0 Å². The molecule has 0 aliphatic carbocycles. The van der Waals surface area contributed by atoms with Crippen molar-refractivity contribution in [3.63, 3.8) is 0 Å². The summed E-state index contributed by atoms with van der Waals surface area (Å²) in [7, 11) is 0. The molecule has 0 spiro atoms. The summed E-state index contributed by atoms with van der Waals surface area (Å²) in [5.74, 6) is -0.141. The Hall–Kier alpha value is -0.0800. The number of hydrogen-bond donors (Lipinski definition) is 0. The highest BCUT2D eigenvalue weighted by atomic mass is 35.5. The van der Waals surface area contributed by atoms with Gasteiger partial charge in [0.2, 0.25) is 0 Å². The molecule has 0 aliphatic rings. The van der Waals surface area contributed by atoms with E-state index in [1.165, 1.54) is 16.7 Å². The van der Waals surface area contributed by atoms with Crippen molar-refractivity contribution < 1.29 is 4.39 Å². The van der Waals surface area contributed by atoms with Gasteiger partial charge in [-0.05, 0) is 18.3 Å². The molecular formula is C11H16ClFS. The third-order valence-corrected chi connectivity index (χ3v) is 4.08. The van der Waals surface area contributed by atoms with E-state index in [0.717, 1.165) is 19.3 Å². The van der Waals surface area contributed by atoms with Crippen LogP contribution < -0.4 is 0 Å². The van der Waals surface area contributed by atoms with Crippen molar-refractivity contribution in [3.8, 4) is 0 Å². The molecule has 0 fully saturated rings. The van der Waals surface area contributed by atoms with Crippen LogP contribution in [0.2, 0.25) is 4.34 Å². The maximum Gasteiger partial charge on any atom is 0.139 e. The Morgan fingerprint density at radius 1 is 1.50 bits per heavy atom. The Morgan fingerprint density at radius 3 is 2.50 bits per heavy atom. The summed E-state index contributed by atoms with van der Waals surface area (Å²) in [5, 5.41) is 1.50. The Balaban J connectivity index is 3.11. The molecule has 1 atom stereocenters. The van der Waals surface area contributed by atoms with E-state index in [9.17, 15) is 4.39 Å². The second-order valence-corrected chi connectivity index (χ2v) is 5.38. The molecule has 1 aromatic heterocycles. The first kappa shape index (κ1) is 12.0. The van der Waals surface area contributed by atoms with E-state index < -0.39 is 0 Å². The van der Waals surface area contributed by atoms with Crippen molar-refractivity contribution in [1.29, 1.82) is 0 Å². The average molecular weight is 235 g/mol. The van der Waals surface area contributed by atoms with Crippen LogP contribution in [-0.4, -0.2) is 0 Å². The summed E-state index contributed by atoms with van der Waals surface area (Å²) in [6.07, 6.45) is 2.96. The third-order valence-electron chi connectivity index (χ3n) is 2.89. The lowest BCUT2D eigenvalue weighted by Gasteiger charge is -2.27. The summed E-state index contributed by atoms with van der Waals surface area (Å²) in [5.41, 5.74) is 0.615. The molecule has 80 valence electrons. The molecule has 0 saturated carbocycles. The summed E-state index contributed by atoms with van der Waals surface area (Å²) in [6, 6.07) is 0. The SMILES string of the molecule is CCCC(C)(CC)c1c(F)csc1Cl. The number of rotatable bonds is 4. The molecular weight excluding hydrogens is 219 g/mol. The van der Waals surface area contributed by atoms with Crippen molar-refractivity contribution in [3.05, 3.63) is 21.1 Å². The molecule has 1 aromatic rings. The fourth-order valence-electron chi connectivity index (χ4n) is 1.87. The molecule has 0 N–H and O–H groups in total. The van der Waals surface area contributed by atoms with Crippen molar-refractivity contribution in [1.82, 2.24) is 0 Å². The molecule has 0 bridgehead atoms. The molecule has 0 nitrogen and oxygen atoms in total. The zero-order chi connectivity index (χ0) is 10.8. The van der Waals surface area contributed by atoms with Gasteiger partial charge >= 0.3 is 0 Å². The Bertz CT molecular complexity index is 289. The number of thiophene rings is 1. The van der Waals surface area contributed by atoms with Gasteiger partial charge in [-0.15, -0.1) is 11.3 Å². The highest BCUT2D eigenvalue weighted by molar-refractivity contribution is 7.14. The summed E-state index contributed by atoms with van der Waals surface area (Å²) >= 11 is 7.31. The molecule has 3 heteroatoms. The van der Waals surface area contributed by atoms with E-state index in [1.807, 2.05) is 0 Å². The maximum atomic E-state index is 13.5. The van der Waals surface area contributed by atoms with Crippen LogP contribution in [0.25, 0.3) is 0 Å². The number of halogens is 2. The molecule has 1 heterocycles. The first-order valence-corrected chi connectivity index (χ1v) is 6.24. The normalized spacial score (nSPS) is 15.5. The van der Waals surface area contributed by atoms with Crippen LogP contribution in [0.3, 0.4) is 0 Å². The summed E-state index contributed by atoms with van der Waals surface area (Å²) in [4.78, 5) is 0. The molecule has 0 saturated heterocycles. The van der Waals surface area contributed by atoms with Crippen LogP contribution >= 0.6 is 22.9 Å². The molecule has 1 unspecified atom stereocenters. The Kier molecular flexibility index (Phi) is 3.96. The van der Waals surface area contributed by atoms with Crippen LogP contribution in [0, 0.1) is 5.82 Å². The smallest absolute Gasteiger partial charge is 0.139 e. The van der Waals surface area contributed by atoms with Gasteiger partial charge in [0.15, 0.2) is 0 Å². The fraction of sp³-hybridized carbons (Fsp3) is 0.636.